The average Bonchev–Trinajstić information content (AvgIpc) is 2.69. The fraction of sp³-hybridized carbons (Fsp3) is 0.462. The average molecular weight is 299 g/mol. The Morgan fingerprint density at radius 2 is 2.16 bits per heavy atom. The maximum atomic E-state index is 12.2. The van der Waals surface area contributed by atoms with E-state index in [9.17, 15) is 13.2 Å². The van der Waals surface area contributed by atoms with E-state index in [4.69, 9.17) is 0 Å². The van der Waals surface area contributed by atoms with Gasteiger partial charge >= 0.3 is 0 Å². The van der Waals surface area contributed by atoms with Gasteiger partial charge in [-0.15, -0.1) is 11.8 Å². The van der Waals surface area contributed by atoms with E-state index in [1.165, 1.54) is 0 Å². The lowest BCUT2D eigenvalue weighted by molar-refractivity contribution is 0.0940. The molecule has 1 heterocycles. The van der Waals surface area contributed by atoms with Gasteiger partial charge in [0.05, 0.1) is 11.5 Å². The number of thioether (sulfide) groups is 1. The van der Waals surface area contributed by atoms with Crippen molar-refractivity contribution in [1.29, 1.82) is 0 Å². The third kappa shape index (κ3) is 3.51. The van der Waals surface area contributed by atoms with Crippen molar-refractivity contribution in [2.45, 2.75) is 24.3 Å². The predicted octanol–water partition coefficient (Wildman–Crippen LogP) is 1.63. The van der Waals surface area contributed by atoms with Crippen LogP contribution >= 0.6 is 11.8 Å². The van der Waals surface area contributed by atoms with Crippen LogP contribution in [-0.2, 0) is 9.84 Å². The highest BCUT2D eigenvalue weighted by molar-refractivity contribution is 7.98. The summed E-state index contributed by atoms with van der Waals surface area (Å²) in [5, 5.41) is 2.82. The van der Waals surface area contributed by atoms with Crippen molar-refractivity contribution in [3.05, 3.63) is 29.3 Å². The van der Waals surface area contributed by atoms with Crippen LogP contribution in [0.5, 0.6) is 0 Å². The number of sulfone groups is 1. The summed E-state index contributed by atoms with van der Waals surface area (Å²) in [5.74, 6) is 0.0393. The van der Waals surface area contributed by atoms with E-state index in [0.717, 1.165) is 10.5 Å². The molecule has 104 valence electrons. The standard InChI is InChI=1S/C13H17NO3S2/c1-9-3-4-11(18-2)7-12(9)13(15)14-10-5-6-19(16,17)8-10/h3-4,7,10H,5-6,8H2,1-2H3,(H,14,15)/t10-/m0/s1. The number of amides is 1. The number of rotatable bonds is 3. The molecule has 0 radical (unpaired) electrons. The van der Waals surface area contributed by atoms with Crippen LogP contribution in [0.2, 0.25) is 0 Å². The highest BCUT2D eigenvalue weighted by atomic mass is 32.2. The van der Waals surface area contributed by atoms with Crippen LogP contribution in [0, 0.1) is 6.92 Å². The van der Waals surface area contributed by atoms with E-state index in [1.807, 2.05) is 31.4 Å². The summed E-state index contributed by atoms with van der Waals surface area (Å²) >= 11 is 1.58. The Morgan fingerprint density at radius 1 is 1.42 bits per heavy atom. The third-order valence-corrected chi connectivity index (χ3v) is 5.75. The number of nitrogens with one attached hydrogen (secondary N) is 1. The minimum atomic E-state index is -2.97. The zero-order valence-corrected chi connectivity index (χ0v) is 12.6. The van der Waals surface area contributed by atoms with Crippen LogP contribution in [0.4, 0.5) is 0 Å². The number of carbonyl (C=O) groups is 1. The Balaban J connectivity index is 2.12. The maximum Gasteiger partial charge on any atom is 0.251 e. The summed E-state index contributed by atoms with van der Waals surface area (Å²) in [6.45, 7) is 1.88. The summed E-state index contributed by atoms with van der Waals surface area (Å²) in [6.07, 6.45) is 2.46. The molecular weight excluding hydrogens is 282 g/mol. The van der Waals surface area contributed by atoms with Gasteiger partial charge in [0.25, 0.3) is 5.91 Å². The minimum absolute atomic E-state index is 0.0556. The number of carbonyl (C=O) groups excluding carboxylic acids is 1. The molecular formula is C13H17NO3S2. The molecule has 4 nitrogen and oxygen atoms in total. The molecule has 0 spiro atoms. The summed E-state index contributed by atoms with van der Waals surface area (Å²) in [7, 11) is -2.97. The number of hydrogen-bond acceptors (Lipinski definition) is 4. The molecule has 19 heavy (non-hydrogen) atoms. The summed E-state index contributed by atoms with van der Waals surface area (Å²) in [5.41, 5.74) is 1.52. The molecule has 1 aliphatic rings. The van der Waals surface area contributed by atoms with Crippen LogP contribution in [0.1, 0.15) is 22.3 Å². The van der Waals surface area contributed by atoms with E-state index < -0.39 is 9.84 Å². The predicted molar refractivity (Wildman–Crippen MR) is 77.5 cm³/mol. The van der Waals surface area contributed by atoms with Crippen LogP contribution in [0.15, 0.2) is 23.1 Å². The van der Waals surface area contributed by atoms with Crippen LogP contribution in [0.3, 0.4) is 0 Å². The lowest BCUT2D eigenvalue weighted by atomic mass is 10.1. The maximum absolute atomic E-state index is 12.2. The zero-order chi connectivity index (χ0) is 14.0. The van der Waals surface area contributed by atoms with Crippen LogP contribution < -0.4 is 5.32 Å². The molecule has 0 unspecified atom stereocenters. The second kappa shape index (κ2) is 5.54. The molecule has 1 saturated heterocycles. The Bertz CT molecular complexity index is 596. The van der Waals surface area contributed by atoms with E-state index >= 15 is 0 Å². The Hall–Kier alpha value is -1.01. The molecule has 0 aromatic heterocycles. The second-order valence-corrected chi connectivity index (χ2v) is 7.86. The Morgan fingerprint density at radius 3 is 2.74 bits per heavy atom. The lowest BCUT2D eigenvalue weighted by Crippen LogP contribution is -2.35. The first-order valence-electron chi connectivity index (χ1n) is 6.07. The molecule has 1 amide bonds. The topological polar surface area (TPSA) is 63.2 Å². The second-order valence-electron chi connectivity index (χ2n) is 4.75. The van der Waals surface area contributed by atoms with Gasteiger partial charge in [-0.2, -0.15) is 0 Å². The third-order valence-electron chi connectivity index (χ3n) is 3.26. The van der Waals surface area contributed by atoms with Gasteiger partial charge < -0.3 is 5.32 Å². The van der Waals surface area contributed by atoms with Crippen LogP contribution in [-0.4, -0.2) is 38.1 Å². The van der Waals surface area contributed by atoms with Crippen molar-refractivity contribution >= 4 is 27.5 Å². The first kappa shape index (κ1) is 14.4. The summed E-state index contributed by atoms with van der Waals surface area (Å²) in [6, 6.07) is 5.47. The van der Waals surface area contributed by atoms with Crippen molar-refractivity contribution in [2.75, 3.05) is 17.8 Å². The molecule has 0 aliphatic carbocycles. The van der Waals surface area contributed by atoms with Crippen molar-refractivity contribution in [3.63, 3.8) is 0 Å². The molecule has 0 saturated carbocycles. The lowest BCUT2D eigenvalue weighted by Gasteiger charge is -2.13. The normalized spacial score (nSPS) is 21.3. The fourth-order valence-electron chi connectivity index (χ4n) is 2.14. The van der Waals surface area contributed by atoms with Gasteiger partial charge in [0.2, 0.25) is 0 Å². The monoisotopic (exact) mass is 299 g/mol. The highest BCUT2D eigenvalue weighted by Crippen LogP contribution is 2.20. The first-order chi connectivity index (χ1) is 8.91. The zero-order valence-electron chi connectivity index (χ0n) is 11.0. The van der Waals surface area contributed by atoms with Gasteiger partial charge in [-0.1, -0.05) is 6.07 Å². The van der Waals surface area contributed by atoms with Crippen molar-refractivity contribution in [1.82, 2.24) is 5.32 Å². The van der Waals surface area contributed by atoms with E-state index in [-0.39, 0.29) is 23.5 Å². The van der Waals surface area contributed by atoms with Gasteiger partial charge in [0.15, 0.2) is 9.84 Å². The summed E-state index contributed by atoms with van der Waals surface area (Å²) < 4.78 is 22.7. The molecule has 2 rings (SSSR count). The number of aryl methyl sites for hydroxylation is 1. The van der Waals surface area contributed by atoms with Gasteiger partial charge in [0.1, 0.15) is 0 Å². The number of hydrogen-bond donors (Lipinski definition) is 1. The highest BCUT2D eigenvalue weighted by Gasteiger charge is 2.29. The van der Waals surface area contributed by atoms with Gasteiger partial charge in [-0.05, 0) is 37.3 Å². The van der Waals surface area contributed by atoms with E-state index in [1.54, 1.807) is 11.8 Å². The SMILES string of the molecule is CSc1ccc(C)c(C(=O)N[C@H]2CCS(=O)(=O)C2)c1. The molecule has 0 bridgehead atoms. The first-order valence-corrected chi connectivity index (χ1v) is 9.12. The summed E-state index contributed by atoms with van der Waals surface area (Å²) in [4.78, 5) is 13.2. The minimum Gasteiger partial charge on any atom is -0.348 e. The largest absolute Gasteiger partial charge is 0.348 e. The van der Waals surface area contributed by atoms with Gasteiger partial charge in [-0.25, -0.2) is 8.42 Å². The molecule has 1 aliphatic heterocycles. The van der Waals surface area contributed by atoms with E-state index in [0.29, 0.717) is 12.0 Å². The molecule has 1 aromatic carbocycles. The van der Waals surface area contributed by atoms with Crippen molar-refractivity contribution < 1.29 is 13.2 Å². The van der Waals surface area contributed by atoms with Crippen molar-refractivity contribution in [2.24, 2.45) is 0 Å². The Labute approximate surface area is 117 Å². The Kier molecular flexibility index (Phi) is 4.20. The molecule has 6 heteroatoms. The van der Waals surface area contributed by atoms with Crippen LogP contribution in [0.25, 0.3) is 0 Å². The van der Waals surface area contributed by atoms with Crippen molar-refractivity contribution in [3.8, 4) is 0 Å². The molecule has 1 N–H and O–H groups in total. The fourth-order valence-corrected chi connectivity index (χ4v) is 4.26. The number of benzene rings is 1. The van der Waals surface area contributed by atoms with Gasteiger partial charge in [0, 0.05) is 16.5 Å². The molecule has 1 aromatic rings. The van der Waals surface area contributed by atoms with Gasteiger partial charge in [-0.3, -0.25) is 4.79 Å². The van der Waals surface area contributed by atoms with E-state index in [2.05, 4.69) is 5.32 Å². The smallest absolute Gasteiger partial charge is 0.251 e. The molecule has 1 fully saturated rings. The molecule has 1 atom stereocenters. The quantitative estimate of drug-likeness (QED) is 0.862.